The van der Waals surface area contributed by atoms with Gasteiger partial charge in [-0.15, -0.1) is 0 Å². The van der Waals surface area contributed by atoms with E-state index in [0.717, 1.165) is 18.7 Å². The third-order valence-electron chi connectivity index (χ3n) is 3.78. The summed E-state index contributed by atoms with van der Waals surface area (Å²) in [6, 6.07) is 2.92. The summed E-state index contributed by atoms with van der Waals surface area (Å²) in [6.45, 7) is 5.61. The van der Waals surface area contributed by atoms with E-state index in [4.69, 9.17) is 0 Å². The fourth-order valence-electron chi connectivity index (χ4n) is 2.82. The lowest BCUT2D eigenvalue weighted by molar-refractivity contribution is 0.202. The summed E-state index contributed by atoms with van der Waals surface area (Å²) in [7, 11) is 0. The van der Waals surface area contributed by atoms with Crippen molar-refractivity contribution in [1.29, 1.82) is 0 Å². The van der Waals surface area contributed by atoms with E-state index in [1.807, 2.05) is 6.07 Å². The molecule has 2 aromatic heterocycles. The van der Waals surface area contributed by atoms with Crippen molar-refractivity contribution < 1.29 is 0 Å². The van der Waals surface area contributed by atoms with E-state index < -0.39 is 0 Å². The molecule has 0 spiro atoms. The molecule has 0 saturated carbocycles. The minimum atomic E-state index is 0.385. The average Bonchev–Trinajstić information content (AvgIpc) is 2.98. The summed E-state index contributed by atoms with van der Waals surface area (Å²) >= 11 is 0. The predicted octanol–water partition coefficient (Wildman–Crippen LogP) is 2.56. The van der Waals surface area contributed by atoms with Crippen LogP contribution in [0.4, 0.5) is 11.8 Å². The first-order valence-corrected chi connectivity index (χ1v) is 7.36. The average molecular weight is 284 g/mol. The Balaban J connectivity index is 1.80. The Bertz CT molecular complexity index is 586. The smallest absolute Gasteiger partial charge is 0.228 e. The number of anilines is 2. The molecule has 1 atom stereocenters. The normalized spacial score (nSPS) is 19.1. The lowest BCUT2D eigenvalue weighted by Gasteiger charge is -2.27. The van der Waals surface area contributed by atoms with Crippen LogP contribution in [0.5, 0.6) is 0 Å². The number of nitrogens with one attached hydrogen (secondary N) is 1. The van der Waals surface area contributed by atoms with Gasteiger partial charge in [0.25, 0.3) is 0 Å². The second-order valence-electron chi connectivity index (χ2n) is 5.51. The molecule has 110 valence electrons. The molecule has 0 radical (unpaired) electrons. The van der Waals surface area contributed by atoms with Crippen LogP contribution in [0.2, 0.25) is 0 Å². The molecule has 0 bridgehead atoms. The molecule has 1 N–H and O–H groups in total. The van der Waals surface area contributed by atoms with Gasteiger partial charge in [0.05, 0.1) is 17.9 Å². The van der Waals surface area contributed by atoms with Gasteiger partial charge in [-0.1, -0.05) is 0 Å². The van der Waals surface area contributed by atoms with Crippen LogP contribution in [0.15, 0.2) is 30.9 Å². The summed E-state index contributed by atoms with van der Waals surface area (Å²) in [5, 5.41) is 3.10. The second kappa shape index (κ2) is 6.13. The summed E-state index contributed by atoms with van der Waals surface area (Å²) in [5.74, 6) is 1.23. The van der Waals surface area contributed by atoms with Crippen molar-refractivity contribution in [3.8, 4) is 0 Å². The molecular weight excluding hydrogens is 264 g/mol. The fourth-order valence-corrected chi connectivity index (χ4v) is 2.82. The Hall–Kier alpha value is -2.08. The second-order valence-corrected chi connectivity index (χ2v) is 5.51. The molecule has 1 saturated heterocycles. The van der Waals surface area contributed by atoms with E-state index in [-0.39, 0.29) is 0 Å². The number of aromatic nitrogens is 4. The highest BCUT2D eigenvalue weighted by Gasteiger charge is 2.28. The van der Waals surface area contributed by atoms with Crippen molar-refractivity contribution in [2.45, 2.75) is 38.8 Å². The van der Waals surface area contributed by atoms with Gasteiger partial charge >= 0.3 is 0 Å². The number of hydrogen-bond acceptors (Lipinski definition) is 6. The van der Waals surface area contributed by atoms with Crippen molar-refractivity contribution in [1.82, 2.24) is 24.8 Å². The van der Waals surface area contributed by atoms with E-state index in [1.54, 1.807) is 24.8 Å². The van der Waals surface area contributed by atoms with Gasteiger partial charge < -0.3 is 5.32 Å². The largest absolute Gasteiger partial charge is 0.307 e. The van der Waals surface area contributed by atoms with Gasteiger partial charge in [0.15, 0.2) is 5.82 Å². The Labute approximate surface area is 124 Å². The molecule has 0 aliphatic carbocycles. The van der Waals surface area contributed by atoms with Crippen molar-refractivity contribution in [2.75, 3.05) is 11.9 Å². The minimum Gasteiger partial charge on any atom is -0.307 e. The van der Waals surface area contributed by atoms with Gasteiger partial charge in [-0.05, 0) is 39.3 Å². The summed E-state index contributed by atoms with van der Waals surface area (Å²) < 4.78 is 0. The molecule has 6 heteroatoms. The molecule has 1 aliphatic heterocycles. The number of hydrogen-bond donors (Lipinski definition) is 1. The number of nitrogens with zero attached hydrogens (tertiary/aromatic N) is 5. The van der Waals surface area contributed by atoms with Crippen LogP contribution in [0.1, 0.15) is 38.4 Å². The van der Waals surface area contributed by atoms with Crippen molar-refractivity contribution >= 4 is 11.8 Å². The van der Waals surface area contributed by atoms with Gasteiger partial charge in [-0.2, -0.15) is 0 Å². The monoisotopic (exact) mass is 284 g/mol. The van der Waals surface area contributed by atoms with Crippen LogP contribution >= 0.6 is 0 Å². The van der Waals surface area contributed by atoms with Crippen LogP contribution in [0.3, 0.4) is 0 Å². The fraction of sp³-hybridized carbons (Fsp3) is 0.467. The van der Waals surface area contributed by atoms with Crippen molar-refractivity contribution in [3.63, 3.8) is 0 Å². The first-order valence-electron chi connectivity index (χ1n) is 7.36. The Kier molecular flexibility index (Phi) is 4.06. The van der Waals surface area contributed by atoms with Crippen LogP contribution in [0, 0.1) is 0 Å². The maximum absolute atomic E-state index is 4.65. The molecule has 0 aromatic carbocycles. The van der Waals surface area contributed by atoms with Crippen LogP contribution < -0.4 is 5.32 Å². The minimum absolute atomic E-state index is 0.385. The maximum Gasteiger partial charge on any atom is 0.228 e. The third kappa shape index (κ3) is 3.16. The summed E-state index contributed by atoms with van der Waals surface area (Å²) in [6.07, 6.45) is 9.12. The first kappa shape index (κ1) is 13.9. The van der Waals surface area contributed by atoms with Crippen molar-refractivity contribution in [3.05, 3.63) is 36.5 Å². The van der Waals surface area contributed by atoms with Gasteiger partial charge in [0.2, 0.25) is 5.95 Å². The lowest BCUT2D eigenvalue weighted by atomic mass is 10.1. The zero-order chi connectivity index (χ0) is 14.7. The van der Waals surface area contributed by atoms with Gasteiger partial charge in [0, 0.05) is 24.6 Å². The molecule has 1 fully saturated rings. The Morgan fingerprint density at radius 2 is 2.14 bits per heavy atom. The SMILES string of the molecule is CC(C)N1CCC[C@H]1c1ccnc(Nc2cnccn2)n1. The van der Waals surface area contributed by atoms with Gasteiger partial charge in [-0.25, -0.2) is 15.0 Å². The molecule has 21 heavy (non-hydrogen) atoms. The highest BCUT2D eigenvalue weighted by atomic mass is 15.2. The molecule has 1 aliphatic rings. The zero-order valence-corrected chi connectivity index (χ0v) is 12.4. The summed E-state index contributed by atoms with van der Waals surface area (Å²) in [4.78, 5) is 19.6. The van der Waals surface area contributed by atoms with E-state index in [0.29, 0.717) is 23.8 Å². The van der Waals surface area contributed by atoms with Gasteiger partial charge in [-0.3, -0.25) is 9.88 Å². The molecule has 2 aromatic rings. The van der Waals surface area contributed by atoms with Gasteiger partial charge in [0.1, 0.15) is 0 Å². The maximum atomic E-state index is 4.65. The van der Waals surface area contributed by atoms with Crippen LogP contribution in [-0.2, 0) is 0 Å². The Morgan fingerprint density at radius 1 is 1.24 bits per heavy atom. The summed E-state index contributed by atoms with van der Waals surface area (Å²) in [5.41, 5.74) is 1.07. The highest BCUT2D eigenvalue weighted by Crippen LogP contribution is 2.32. The van der Waals surface area contributed by atoms with E-state index in [2.05, 4.69) is 44.0 Å². The Morgan fingerprint density at radius 3 is 2.90 bits per heavy atom. The van der Waals surface area contributed by atoms with E-state index in [1.165, 1.54) is 6.42 Å². The molecule has 3 rings (SSSR count). The number of rotatable bonds is 4. The molecule has 3 heterocycles. The first-order chi connectivity index (χ1) is 10.2. The molecular formula is C15H20N6. The molecule has 0 unspecified atom stereocenters. The highest BCUT2D eigenvalue weighted by molar-refractivity contribution is 5.45. The lowest BCUT2D eigenvalue weighted by Crippen LogP contribution is -2.30. The topological polar surface area (TPSA) is 66.8 Å². The van der Waals surface area contributed by atoms with E-state index in [9.17, 15) is 0 Å². The van der Waals surface area contributed by atoms with Crippen molar-refractivity contribution in [2.24, 2.45) is 0 Å². The van der Waals surface area contributed by atoms with Crippen LogP contribution in [-0.4, -0.2) is 37.4 Å². The predicted molar refractivity (Wildman–Crippen MR) is 81.2 cm³/mol. The third-order valence-corrected chi connectivity index (χ3v) is 3.78. The number of likely N-dealkylation sites (tertiary alicyclic amines) is 1. The zero-order valence-electron chi connectivity index (χ0n) is 12.4. The van der Waals surface area contributed by atoms with E-state index >= 15 is 0 Å². The quantitative estimate of drug-likeness (QED) is 0.930. The van der Waals surface area contributed by atoms with Crippen LogP contribution in [0.25, 0.3) is 0 Å². The molecule has 0 amide bonds. The molecule has 6 nitrogen and oxygen atoms in total. The standard InChI is InChI=1S/C15H20N6/c1-11(2)21-9-3-4-13(21)12-5-6-18-15(19-12)20-14-10-16-7-8-17-14/h5-8,10-11,13H,3-4,9H2,1-2H3,(H,17,18,19,20)/t13-/m0/s1.